The van der Waals surface area contributed by atoms with Gasteiger partial charge in [-0.3, -0.25) is 9.59 Å². The number of carbonyl (C=O) groups excluding carboxylic acids is 2. The van der Waals surface area contributed by atoms with Crippen molar-refractivity contribution in [1.82, 2.24) is 0 Å². The largest absolute Gasteiger partial charge is 0.483 e. The molecule has 0 aliphatic carbocycles. The molecule has 1 saturated heterocycles. The number of benzene rings is 2. The molecule has 2 heterocycles. The summed E-state index contributed by atoms with van der Waals surface area (Å²) in [5.74, 6) is 1.08. The summed E-state index contributed by atoms with van der Waals surface area (Å²) in [6.45, 7) is 4.59. The van der Waals surface area contributed by atoms with Crippen LogP contribution in [-0.2, 0) is 16.0 Å². The average molecular weight is 380 g/mol. The van der Waals surface area contributed by atoms with Crippen LogP contribution >= 0.6 is 0 Å². The number of ether oxygens (including phenoxy) is 2. The van der Waals surface area contributed by atoms with Crippen LogP contribution in [0, 0.1) is 0 Å². The fraction of sp³-hybridized carbons (Fsp3) is 0.364. The molecule has 6 nitrogen and oxygen atoms in total. The van der Waals surface area contributed by atoms with Gasteiger partial charge in [0.2, 0.25) is 5.91 Å². The van der Waals surface area contributed by atoms with Crippen molar-refractivity contribution in [2.24, 2.45) is 0 Å². The Hall–Kier alpha value is -3.02. The molecular weight excluding hydrogens is 356 g/mol. The second-order valence-electron chi connectivity index (χ2n) is 7.79. The lowest BCUT2D eigenvalue weighted by molar-refractivity contribution is -0.118. The fourth-order valence-corrected chi connectivity index (χ4v) is 3.75. The zero-order chi connectivity index (χ0) is 19.7. The lowest BCUT2D eigenvalue weighted by Crippen LogP contribution is -2.27. The molecule has 28 heavy (non-hydrogen) atoms. The van der Waals surface area contributed by atoms with Crippen molar-refractivity contribution in [2.45, 2.75) is 38.7 Å². The molecule has 0 aromatic heterocycles. The molecule has 0 bridgehead atoms. The van der Waals surface area contributed by atoms with Gasteiger partial charge in [-0.2, -0.15) is 0 Å². The summed E-state index contributed by atoms with van der Waals surface area (Å²) in [5, 5.41) is 2.86. The number of amides is 2. The number of nitrogens with one attached hydrogen (secondary N) is 1. The summed E-state index contributed by atoms with van der Waals surface area (Å²) in [6.07, 6.45) is 2.18. The van der Waals surface area contributed by atoms with Crippen LogP contribution in [0.4, 0.5) is 11.4 Å². The highest BCUT2D eigenvalue weighted by atomic mass is 16.5. The maximum absolute atomic E-state index is 12.5. The van der Waals surface area contributed by atoms with E-state index < -0.39 is 0 Å². The molecule has 1 fully saturated rings. The van der Waals surface area contributed by atoms with Crippen molar-refractivity contribution >= 4 is 23.2 Å². The van der Waals surface area contributed by atoms with Gasteiger partial charge in [-0.05, 0) is 38.5 Å². The molecule has 2 aromatic carbocycles. The van der Waals surface area contributed by atoms with Gasteiger partial charge in [0.25, 0.3) is 5.91 Å². The van der Waals surface area contributed by atoms with Gasteiger partial charge in [-0.1, -0.05) is 24.3 Å². The molecule has 2 aliphatic rings. The monoisotopic (exact) mass is 380 g/mol. The maximum atomic E-state index is 12.5. The first kappa shape index (κ1) is 18.3. The van der Waals surface area contributed by atoms with Gasteiger partial charge in [0.15, 0.2) is 18.1 Å². The second-order valence-corrected chi connectivity index (χ2v) is 7.79. The minimum absolute atomic E-state index is 0.0811. The molecule has 146 valence electrons. The number of hydrogen-bond donors (Lipinski definition) is 1. The van der Waals surface area contributed by atoms with Crippen LogP contribution in [0.5, 0.6) is 11.5 Å². The third-order valence-corrected chi connectivity index (χ3v) is 4.96. The van der Waals surface area contributed by atoms with Crippen LogP contribution in [-0.4, -0.2) is 30.6 Å². The van der Waals surface area contributed by atoms with E-state index in [9.17, 15) is 9.59 Å². The predicted octanol–water partition coefficient (Wildman–Crippen LogP) is 3.54. The van der Waals surface area contributed by atoms with Crippen LogP contribution in [0.3, 0.4) is 0 Å². The van der Waals surface area contributed by atoms with E-state index in [1.807, 2.05) is 50.2 Å². The van der Waals surface area contributed by atoms with E-state index in [1.54, 1.807) is 11.0 Å². The van der Waals surface area contributed by atoms with Crippen molar-refractivity contribution in [3.63, 3.8) is 0 Å². The van der Waals surface area contributed by atoms with Gasteiger partial charge < -0.3 is 19.7 Å². The summed E-state index contributed by atoms with van der Waals surface area (Å²) in [6, 6.07) is 13.1. The van der Waals surface area contributed by atoms with E-state index in [1.165, 1.54) is 0 Å². The molecular formula is C22H24N2O4. The Kier molecular flexibility index (Phi) is 4.71. The van der Waals surface area contributed by atoms with Crippen LogP contribution < -0.4 is 19.7 Å². The van der Waals surface area contributed by atoms with Crippen LogP contribution in [0.15, 0.2) is 42.5 Å². The maximum Gasteiger partial charge on any atom is 0.262 e. The Bertz CT molecular complexity index is 923. The van der Waals surface area contributed by atoms with Crippen LogP contribution in [0.25, 0.3) is 0 Å². The quantitative estimate of drug-likeness (QED) is 0.861. The Balaban J connectivity index is 1.43. The Morgan fingerprint density at radius 1 is 1.21 bits per heavy atom. The number of nitrogens with zero attached hydrogens (tertiary/aromatic N) is 1. The number of anilines is 2. The number of fused-ring (bicyclic) bond motifs is 1. The van der Waals surface area contributed by atoms with Crippen molar-refractivity contribution in [1.29, 1.82) is 0 Å². The van der Waals surface area contributed by atoms with Gasteiger partial charge in [0.1, 0.15) is 5.60 Å². The normalized spacial score (nSPS) is 17.2. The number of hydrogen-bond acceptors (Lipinski definition) is 4. The lowest BCUT2D eigenvalue weighted by Gasteiger charge is -2.20. The summed E-state index contributed by atoms with van der Waals surface area (Å²) in [7, 11) is 0. The van der Waals surface area contributed by atoms with Crippen molar-refractivity contribution in [2.75, 3.05) is 23.4 Å². The highest BCUT2D eigenvalue weighted by Crippen LogP contribution is 2.41. The number of carbonyl (C=O) groups is 2. The zero-order valence-electron chi connectivity index (χ0n) is 16.2. The van der Waals surface area contributed by atoms with Gasteiger partial charge in [0, 0.05) is 24.9 Å². The number of para-hydroxylation sites is 3. The van der Waals surface area contributed by atoms with Crippen LogP contribution in [0.1, 0.15) is 32.3 Å². The summed E-state index contributed by atoms with van der Waals surface area (Å²) >= 11 is 0. The van der Waals surface area contributed by atoms with E-state index in [0.717, 1.165) is 24.1 Å². The Labute approximate surface area is 164 Å². The highest BCUT2D eigenvalue weighted by Gasteiger charge is 2.32. The molecule has 4 rings (SSSR count). The average Bonchev–Trinajstić information content (AvgIpc) is 3.21. The third-order valence-electron chi connectivity index (χ3n) is 4.96. The van der Waals surface area contributed by atoms with E-state index in [-0.39, 0.29) is 24.0 Å². The molecule has 0 saturated carbocycles. The first-order chi connectivity index (χ1) is 13.4. The van der Waals surface area contributed by atoms with Crippen molar-refractivity contribution < 1.29 is 19.1 Å². The first-order valence-corrected chi connectivity index (χ1v) is 9.56. The van der Waals surface area contributed by atoms with Gasteiger partial charge in [-0.15, -0.1) is 0 Å². The first-order valence-electron chi connectivity index (χ1n) is 9.56. The van der Waals surface area contributed by atoms with E-state index in [0.29, 0.717) is 30.2 Å². The molecule has 6 heteroatoms. The molecule has 0 spiro atoms. The van der Waals surface area contributed by atoms with E-state index in [2.05, 4.69) is 5.32 Å². The summed E-state index contributed by atoms with van der Waals surface area (Å²) < 4.78 is 11.7. The van der Waals surface area contributed by atoms with Gasteiger partial charge in [0.05, 0.1) is 11.4 Å². The summed E-state index contributed by atoms with van der Waals surface area (Å²) in [5.41, 5.74) is 2.15. The summed E-state index contributed by atoms with van der Waals surface area (Å²) in [4.78, 5) is 26.3. The number of rotatable bonds is 5. The van der Waals surface area contributed by atoms with Crippen molar-refractivity contribution in [3.8, 4) is 11.5 Å². The van der Waals surface area contributed by atoms with Crippen LogP contribution in [0.2, 0.25) is 0 Å². The Morgan fingerprint density at radius 2 is 2.04 bits per heavy atom. The molecule has 0 radical (unpaired) electrons. The predicted molar refractivity (Wildman–Crippen MR) is 107 cm³/mol. The molecule has 1 N–H and O–H groups in total. The smallest absolute Gasteiger partial charge is 0.262 e. The Morgan fingerprint density at radius 3 is 2.82 bits per heavy atom. The molecule has 0 atom stereocenters. The lowest BCUT2D eigenvalue weighted by atomic mass is 10.0. The molecule has 0 unspecified atom stereocenters. The molecule has 2 aromatic rings. The highest BCUT2D eigenvalue weighted by molar-refractivity contribution is 6.02. The van der Waals surface area contributed by atoms with Gasteiger partial charge >= 0.3 is 0 Å². The molecule has 2 aliphatic heterocycles. The van der Waals surface area contributed by atoms with E-state index >= 15 is 0 Å². The van der Waals surface area contributed by atoms with E-state index in [4.69, 9.17) is 9.47 Å². The fourth-order valence-electron chi connectivity index (χ4n) is 3.75. The third kappa shape index (κ3) is 3.67. The second kappa shape index (κ2) is 7.19. The standard InChI is InChI=1S/C22H24N2O4/c1-22(2)13-15-7-5-10-18(21(15)28-22)27-14-19(25)23-16-8-3-4-9-17(16)24-12-6-11-20(24)26/h3-5,7-10H,6,11-14H2,1-2H3,(H,23,25). The minimum Gasteiger partial charge on any atom is -0.483 e. The topological polar surface area (TPSA) is 67.9 Å². The SMILES string of the molecule is CC1(C)Cc2cccc(OCC(=O)Nc3ccccc3N3CCCC3=O)c2O1. The minimum atomic E-state index is -0.283. The van der Waals surface area contributed by atoms with Crippen molar-refractivity contribution in [3.05, 3.63) is 48.0 Å². The van der Waals surface area contributed by atoms with Gasteiger partial charge in [-0.25, -0.2) is 0 Å². The molecule has 2 amide bonds. The zero-order valence-corrected chi connectivity index (χ0v) is 16.2.